The van der Waals surface area contributed by atoms with E-state index in [2.05, 4.69) is 37.6 Å². The second kappa shape index (κ2) is 7.98. The molecule has 0 aliphatic carbocycles. The van der Waals surface area contributed by atoms with Crippen molar-refractivity contribution in [3.8, 4) is 5.88 Å². The van der Waals surface area contributed by atoms with Gasteiger partial charge in [0.1, 0.15) is 5.82 Å². The van der Waals surface area contributed by atoms with Crippen LogP contribution in [0, 0.1) is 5.92 Å². The van der Waals surface area contributed by atoms with E-state index in [1.54, 1.807) is 0 Å². The van der Waals surface area contributed by atoms with E-state index in [4.69, 9.17) is 10.5 Å². The maximum atomic E-state index is 5.91. The minimum absolute atomic E-state index is 0.503. The highest BCUT2D eigenvalue weighted by molar-refractivity contribution is 5.55. The summed E-state index contributed by atoms with van der Waals surface area (Å²) >= 11 is 0. The number of hydrogen-bond donors (Lipinski definition) is 1. The first-order valence-electron chi connectivity index (χ1n) is 7.69. The van der Waals surface area contributed by atoms with Crippen molar-refractivity contribution in [1.82, 2.24) is 4.98 Å². The molecule has 0 radical (unpaired) electrons. The van der Waals surface area contributed by atoms with Crippen LogP contribution >= 0.6 is 0 Å². The monoisotopic (exact) mass is 279 g/mol. The van der Waals surface area contributed by atoms with Gasteiger partial charge in [0, 0.05) is 12.6 Å². The Morgan fingerprint density at radius 1 is 1.20 bits per heavy atom. The predicted octanol–water partition coefficient (Wildman–Crippen LogP) is 3.71. The van der Waals surface area contributed by atoms with Crippen LogP contribution < -0.4 is 15.4 Å². The van der Waals surface area contributed by atoms with Crippen molar-refractivity contribution >= 4 is 11.5 Å². The van der Waals surface area contributed by atoms with Crippen LogP contribution in [0.3, 0.4) is 0 Å². The summed E-state index contributed by atoms with van der Waals surface area (Å²) in [5.74, 6) is 2.10. The first-order chi connectivity index (χ1) is 9.53. The van der Waals surface area contributed by atoms with E-state index in [0.717, 1.165) is 25.2 Å². The topological polar surface area (TPSA) is 51.4 Å². The molecule has 2 N–H and O–H groups in total. The average Bonchev–Trinajstić information content (AvgIpc) is 2.41. The van der Waals surface area contributed by atoms with Crippen molar-refractivity contribution < 1.29 is 4.74 Å². The van der Waals surface area contributed by atoms with Gasteiger partial charge < -0.3 is 15.4 Å². The molecule has 1 heterocycles. The second-order valence-corrected chi connectivity index (χ2v) is 5.51. The van der Waals surface area contributed by atoms with E-state index in [1.165, 1.54) is 0 Å². The molecular formula is C16H29N3O. The van der Waals surface area contributed by atoms with Crippen molar-refractivity contribution in [1.29, 1.82) is 0 Å². The van der Waals surface area contributed by atoms with Crippen LogP contribution in [0.1, 0.15) is 47.5 Å². The predicted molar refractivity (Wildman–Crippen MR) is 86.4 cm³/mol. The third-order valence-corrected chi connectivity index (χ3v) is 3.40. The molecule has 0 aliphatic rings. The standard InChI is InChI=1S/C16H29N3O/c1-6-13(7-2)19(11-12(4)5)15-10-9-14(17)16(18-15)20-8-3/h9-10,12-13H,6-8,11,17H2,1-5H3. The van der Waals surface area contributed by atoms with Gasteiger partial charge in [-0.1, -0.05) is 27.7 Å². The molecule has 0 aliphatic heterocycles. The number of anilines is 2. The van der Waals surface area contributed by atoms with E-state index < -0.39 is 0 Å². The fourth-order valence-corrected chi connectivity index (χ4v) is 2.41. The maximum Gasteiger partial charge on any atom is 0.239 e. The normalized spacial score (nSPS) is 11.2. The van der Waals surface area contributed by atoms with Crippen LogP contribution in [0.5, 0.6) is 5.88 Å². The molecule has 1 rings (SSSR count). The lowest BCUT2D eigenvalue weighted by atomic mass is 10.1. The van der Waals surface area contributed by atoms with Crippen LogP contribution in [0.4, 0.5) is 11.5 Å². The van der Waals surface area contributed by atoms with Crippen molar-refractivity contribution in [3.05, 3.63) is 12.1 Å². The summed E-state index contributed by atoms with van der Waals surface area (Å²) in [5.41, 5.74) is 6.51. The van der Waals surface area contributed by atoms with Crippen LogP contribution in [0.25, 0.3) is 0 Å². The SMILES string of the molecule is CCOc1nc(N(CC(C)C)C(CC)CC)ccc1N. The Morgan fingerprint density at radius 3 is 2.35 bits per heavy atom. The molecule has 4 nitrogen and oxygen atoms in total. The Labute approximate surface area is 123 Å². The summed E-state index contributed by atoms with van der Waals surface area (Å²) in [6.07, 6.45) is 2.22. The molecule has 4 heteroatoms. The van der Waals surface area contributed by atoms with Gasteiger partial charge in [-0.05, 0) is 37.8 Å². The van der Waals surface area contributed by atoms with E-state index >= 15 is 0 Å². The lowest BCUT2D eigenvalue weighted by Crippen LogP contribution is -2.38. The lowest BCUT2D eigenvalue weighted by molar-refractivity contribution is 0.328. The molecule has 20 heavy (non-hydrogen) atoms. The van der Waals surface area contributed by atoms with Crippen LogP contribution in [0.2, 0.25) is 0 Å². The molecule has 0 bridgehead atoms. The number of ether oxygens (including phenoxy) is 1. The highest BCUT2D eigenvalue weighted by Gasteiger charge is 2.19. The number of nitrogens with zero attached hydrogens (tertiary/aromatic N) is 2. The Morgan fingerprint density at radius 2 is 1.85 bits per heavy atom. The summed E-state index contributed by atoms with van der Waals surface area (Å²) in [6.45, 7) is 12.4. The molecule has 1 aromatic rings. The first kappa shape index (κ1) is 16.6. The molecule has 0 saturated heterocycles. The highest BCUT2D eigenvalue weighted by Crippen LogP contribution is 2.26. The van der Waals surface area contributed by atoms with E-state index in [-0.39, 0.29) is 0 Å². The van der Waals surface area contributed by atoms with Gasteiger partial charge in [0.25, 0.3) is 0 Å². The van der Waals surface area contributed by atoms with Crippen LogP contribution in [-0.4, -0.2) is 24.2 Å². The van der Waals surface area contributed by atoms with E-state index in [1.807, 2.05) is 19.1 Å². The molecule has 1 aromatic heterocycles. The van der Waals surface area contributed by atoms with E-state index in [0.29, 0.717) is 30.1 Å². The Balaban J connectivity index is 3.09. The molecular weight excluding hydrogens is 250 g/mol. The maximum absolute atomic E-state index is 5.91. The first-order valence-corrected chi connectivity index (χ1v) is 7.69. The van der Waals surface area contributed by atoms with Crippen LogP contribution in [0.15, 0.2) is 12.1 Å². The number of aromatic nitrogens is 1. The molecule has 0 spiro atoms. The van der Waals surface area contributed by atoms with Gasteiger partial charge in [0.15, 0.2) is 0 Å². The number of pyridine rings is 1. The number of nitrogen functional groups attached to an aromatic ring is 1. The van der Waals surface area contributed by atoms with Gasteiger partial charge >= 0.3 is 0 Å². The molecule has 0 aromatic carbocycles. The summed E-state index contributed by atoms with van der Waals surface area (Å²) in [5, 5.41) is 0. The largest absolute Gasteiger partial charge is 0.476 e. The summed E-state index contributed by atoms with van der Waals surface area (Å²) < 4.78 is 5.52. The zero-order valence-electron chi connectivity index (χ0n) is 13.5. The molecule has 0 fully saturated rings. The second-order valence-electron chi connectivity index (χ2n) is 5.51. The van der Waals surface area contributed by atoms with Crippen molar-refractivity contribution in [2.24, 2.45) is 5.92 Å². The molecule has 0 unspecified atom stereocenters. The Kier molecular flexibility index (Phi) is 6.62. The zero-order valence-corrected chi connectivity index (χ0v) is 13.5. The van der Waals surface area contributed by atoms with Gasteiger partial charge in [0.2, 0.25) is 5.88 Å². The average molecular weight is 279 g/mol. The third-order valence-electron chi connectivity index (χ3n) is 3.40. The quantitative estimate of drug-likeness (QED) is 0.788. The van der Waals surface area contributed by atoms with Crippen LogP contribution in [-0.2, 0) is 0 Å². The lowest BCUT2D eigenvalue weighted by Gasteiger charge is -2.33. The summed E-state index contributed by atoms with van der Waals surface area (Å²) in [4.78, 5) is 6.99. The van der Waals surface area contributed by atoms with Gasteiger partial charge in [-0.2, -0.15) is 4.98 Å². The molecule has 114 valence electrons. The van der Waals surface area contributed by atoms with Crippen molar-refractivity contribution in [2.75, 3.05) is 23.8 Å². The number of rotatable bonds is 8. The fraction of sp³-hybridized carbons (Fsp3) is 0.688. The van der Waals surface area contributed by atoms with E-state index in [9.17, 15) is 0 Å². The van der Waals surface area contributed by atoms with Gasteiger partial charge in [-0.15, -0.1) is 0 Å². The summed E-state index contributed by atoms with van der Waals surface area (Å²) in [6, 6.07) is 4.39. The van der Waals surface area contributed by atoms with Crippen molar-refractivity contribution in [3.63, 3.8) is 0 Å². The molecule has 0 saturated carbocycles. The zero-order chi connectivity index (χ0) is 15.1. The molecule has 0 atom stereocenters. The molecule has 0 amide bonds. The minimum Gasteiger partial charge on any atom is -0.476 e. The summed E-state index contributed by atoms with van der Waals surface area (Å²) in [7, 11) is 0. The van der Waals surface area contributed by atoms with Gasteiger partial charge in [-0.25, -0.2) is 0 Å². The fourth-order valence-electron chi connectivity index (χ4n) is 2.41. The highest BCUT2D eigenvalue weighted by atomic mass is 16.5. The minimum atomic E-state index is 0.503. The number of nitrogens with two attached hydrogens (primary N) is 1. The Hall–Kier alpha value is -1.45. The smallest absolute Gasteiger partial charge is 0.239 e. The number of hydrogen-bond acceptors (Lipinski definition) is 4. The Bertz CT molecular complexity index is 403. The van der Waals surface area contributed by atoms with Crippen molar-refractivity contribution in [2.45, 2.75) is 53.5 Å². The van der Waals surface area contributed by atoms with Gasteiger partial charge in [-0.3, -0.25) is 0 Å². The van der Waals surface area contributed by atoms with Gasteiger partial charge in [0.05, 0.1) is 12.3 Å². The third kappa shape index (κ3) is 4.29.